The first kappa shape index (κ1) is 29.9. The molecular weight excluding hydrogens is 480 g/mol. The van der Waals surface area contributed by atoms with Gasteiger partial charge in [0.2, 0.25) is 11.1 Å². The third-order valence-corrected chi connectivity index (χ3v) is 2.83. The quantitative estimate of drug-likeness (QED) is 0.249. The van der Waals surface area contributed by atoms with Gasteiger partial charge in [0.1, 0.15) is 0 Å². The SMILES string of the molecule is CC(=[OH+])[CH+]C(=[OH+])c1ccccc1.CC(=[OH+])[CH+]C(=[OH+])c1ccccc1.[Nd+3].[OH-].[OH3+]. The van der Waals surface area contributed by atoms with Crippen molar-refractivity contribution in [2.24, 2.45) is 0 Å². The molecule has 0 atom stereocenters. The predicted octanol–water partition coefficient (Wildman–Crippen LogP) is 1.60. The minimum Gasteiger partial charge on any atom is -0.870 e. The van der Waals surface area contributed by atoms with Crippen LogP contribution in [0.1, 0.15) is 25.0 Å². The Morgan fingerprint density at radius 1 is 0.630 bits per heavy atom. The molecule has 0 amide bonds. The average Bonchev–Trinajstić information content (AvgIpc) is 2.56. The molecule has 0 heterocycles. The first-order chi connectivity index (χ1) is 11.4. The number of ketones is 4. The molecule has 0 aliphatic heterocycles. The molecule has 0 spiro atoms. The second-order valence-corrected chi connectivity index (χ2v) is 5.07. The van der Waals surface area contributed by atoms with Crippen molar-refractivity contribution >= 4 is 23.1 Å². The Bertz CT molecular complexity index is 650. The van der Waals surface area contributed by atoms with Crippen LogP contribution in [0.25, 0.3) is 0 Å². The summed E-state index contributed by atoms with van der Waals surface area (Å²) in [5.41, 5.74) is 1.40. The molecule has 0 bridgehead atoms. The van der Waals surface area contributed by atoms with Crippen LogP contribution in [0.4, 0.5) is 0 Å². The van der Waals surface area contributed by atoms with E-state index in [-0.39, 0.29) is 74.9 Å². The van der Waals surface area contributed by atoms with Gasteiger partial charge in [0.25, 0.3) is 12.8 Å². The van der Waals surface area contributed by atoms with Crippen molar-refractivity contribution in [1.29, 1.82) is 0 Å². The molecule has 2 aromatic carbocycles. The summed E-state index contributed by atoms with van der Waals surface area (Å²) < 4.78 is 0. The van der Waals surface area contributed by atoms with Crippen LogP contribution < -0.4 is 0 Å². The van der Waals surface area contributed by atoms with Gasteiger partial charge in [-0.05, 0) is 24.3 Å². The minimum absolute atomic E-state index is 0. The Kier molecular flexibility index (Phi) is 18.1. The summed E-state index contributed by atoms with van der Waals surface area (Å²) in [5, 5.41) is 0. The zero-order chi connectivity index (χ0) is 17.9. The fourth-order valence-electron chi connectivity index (χ4n) is 1.78. The summed E-state index contributed by atoms with van der Waals surface area (Å²) in [6.45, 7) is 3.03. The fraction of sp³-hybridized carbons (Fsp3) is 0.100. The molecule has 0 unspecified atom stereocenters. The van der Waals surface area contributed by atoms with E-state index < -0.39 is 0 Å². The van der Waals surface area contributed by atoms with Gasteiger partial charge in [-0.2, -0.15) is 0 Å². The van der Waals surface area contributed by atoms with E-state index >= 15 is 0 Å². The van der Waals surface area contributed by atoms with Crippen LogP contribution in [-0.4, -0.2) is 47.8 Å². The Hall–Kier alpha value is -1.87. The van der Waals surface area contributed by atoms with Crippen LogP contribution in [0.5, 0.6) is 0 Å². The van der Waals surface area contributed by atoms with Crippen LogP contribution >= 0.6 is 0 Å². The summed E-state index contributed by atoms with van der Waals surface area (Å²) in [7, 11) is 0. The number of hydrogen-bond donors (Lipinski definition) is 0. The molecule has 0 fully saturated rings. The summed E-state index contributed by atoms with van der Waals surface area (Å²) in [6.07, 6.45) is 2.63. The third kappa shape index (κ3) is 13.0. The molecule has 137 valence electrons. The molecule has 7 heteroatoms. The van der Waals surface area contributed by atoms with Gasteiger partial charge in [-0.1, -0.05) is 12.1 Å². The Morgan fingerprint density at radius 3 is 1.11 bits per heavy atom. The van der Waals surface area contributed by atoms with Gasteiger partial charge in [0.15, 0.2) is 0 Å². The Balaban J connectivity index is -0.000000384. The van der Waals surface area contributed by atoms with E-state index in [1.54, 1.807) is 24.3 Å². The van der Waals surface area contributed by atoms with Gasteiger partial charge < -0.3 is 11.0 Å². The van der Waals surface area contributed by atoms with Crippen LogP contribution in [-0.2, 0) is 5.48 Å². The molecule has 6 nitrogen and oxygen atoms in total. The summed E-state index contributed by atoms with van der Waals surface area (Å²) in [5.74, 6) is 0.346. The van der Waals surface area contributed by atoms with E-state index in [9.17, 15) is 9.59 Å². The topological polar surface area (TPSA) is 149 Å². The summed E-state index contributed by atoms with van der Waals surface area (Å²) in [6, 6.07) is 18.1. The molecular formula is C20H26NdO6+9. The molecule has 0 saturated carbocycles. The normalized spacial score (nSPS) is 8.07. The molecule has 0 aliphatic rings. The number of benzene rings is 2. The van der Waals surface area contributed by atoms with Crippen molar-refractivity contribution in [3.05, 3.63) is 84.6 Å². The zero-order valence-corrected chi connectivity index (χ0v) is 18.4. The first-order valence-electron chi connectivity index (χ1n) is 7.37. The molecule has 0 saturated heterocycles. The Morgan fingerprint density at radius 2 is 0.889 bits per heavy atom. The van der Waals surface area contributed by atoms with Gasteiger partial charge >= 0.3 is 64.0 Å². The van der Waals surface area contributed by atoms with Crippen molar-refractivity contribution in [1.82, 2.24) is 0 Å². The molecule has 2 rings (SSSR count). The number of hydrogen-bond acceptors (Lipinski definition) is 1. The molecule has 0 aromatic heterocycles. The summed E-state index contributed by atoms with van der Waals surface area (Å²) >= 11 is 0. The van der Waals surface area contributed by atoms with Crippen LogP contribution in [0, 0.1) is 53.7 Å². The monoisotopic (exact) mass is 504 g/mol. The smallest absolute Gasteiger partial charge is 0.870 e. The van der Waals surface area contributed by atoms with E-state index in [4.69, 9.17) is 9.59 Å². The number of carbonyl (C=O) groups excluding carboxylic acids is 4. The van der Waals surface area contributed by atoms with Crippen LogP contribution in [0.15, 0.2) is 60.7 Å². The molecule has 1 radical (unpaired) electrons. The maximum absolute atomic E-state index is 9.37. The van der Waals surface area contributed by atoms with E-state index in [1.165, 1.54) is 26.7 Å². The largest absolute Gasteiger partial charge is 3.00 e. The van der Waals surface area contributed by atoms with Crippen molar-refractivity contribution in [3.8, 4) is 0 Å². The molecule has 27 heavy (non-hydrogen) atoms. The van der Waals surface area contributed by atoms with E-state index in [1.807, 2.05) is 36.4 Å². The second kappa shape index (κ2) is 16.3. The van der Waals surface area contributed by atoms with Gasteiger partial charge in [-0.25, -0.2) is 9.59 Å². The van der Waals surface area contributed by atoms with Crippen molar-refractivity contribution in [2.75, 3.05) is 0 Å². The zero-order valence-electron chi connectivity index (χ0n) is 15.2. The average molecular weight is 507 g/mol. The summed E-state index contributed by atoms with van der Waals surface area (Å²) in [4.78, 5) is 36.5. The Labute approximate surface area is 191 Å². The van der Waals surface area contributed by atoms with Gasteiger partial charge in [-0.3, -0.25) is 9.59 Å². The standard InChI is InChI=1S/2C10H9O2.Nd.2H2O/c2*1-8(11)7-10(12)9-5-3-2-4-6-9;;;/h2*2-7H,1H3;;2*1H2/q2*+1;+3;;/p+4. The van der Waals surface area contributed by atoms with Gasteiger partial charge in [0, 0.05) is 24.3 Å². The maximum Gasteiger partial charge on any atom is 3.00 e. The molecule has 8 N–H and O–H groups in total. The third-order valence-electron chi connectivity index (χ3n) is 2.83. The maximum atomic E-state index is 9.37. The van der Waals surface area contributed by atoms with E-state index in [2.05, 4.69) is 0 Å². The van der Waals surface area contributed by atoms with Gasteiger partial charge in [-0.15, -0.1) is 0 Å². The first-order valence-corrected chi connectivity index (χ1v) is 7.37. The molecule has 0 aliphatic carbocycles. The molecule has 2 aromatic rings. The van der Waals surface area contributed by atoms with Crippen molar-refractivity contribution in [2.45, 2.75) is 13.8 Å². The van der Waals surface area contributed by atoms with Crippen LogP contribution in [0.2, 0.25) is 0 Å². The van der Waals surface area contributed by atoms with E-state index in [0.717, 1.165) is 0 Å². The van der Waals surface area contributed by atoms with Gasteiger partial charge in [0.05, 0.1) is 13.8 Å². The van der Waals surface area contributed by atoms with Crippen molar-refractivity contribution in [3.63, 3.8) is 0 Å². The predicted molar refractivity (Wildman–Crippen MR) is 106 cm³/mol. The van der Waals surface area contributed by atoms with E-state index in [0.29, 0.717) is 11.1 Å². The van der Waals surface area contributed by atoms with Crippen LogP contribution in [0.3, 0.4) is 0 Å². The number of rotatable bonds is 6. The fourth-order valence-corrected chi connectivity index (χ4v) is 1.78. The van der Waals surface area contributed by atoms with Crippen molar-refractivity contribution < 1.29 is 71.0 Å². The second-order valence-electron chi connectivity index (χ2n) is 5.07. The minimum atomic E-state index is 0.